The normalized spacial score (nSPS) is 12.5. The quantitative estimate of drug-likeness (QED) is 0.286. The van der Waals surface area contributed by atoms with E-state index in [0.717, 1.165) is 0 Å². The highest BCUT2D eigenvalue weighted by atomic mass is 79.9. The minimum absolute atomic E-state index is 0.158. The third kappa shape index (κ3) is 6.86. The molecule has 0 saturated carbocycles. The Kier molecular flexibility index (Phi) is 7.46. The van der Waals surface area contributed by atoms with Crippen molar-refractivity contribution in [2.45, 2.75) is 4.83 Å². The number of carbonyl (C=O) groups excluding carboxylic acids is 2. The lowest BCUT2D eigenvalue weighted by atomic mass is 10.2. The molecule has 10 heteroatoms. The van der Waals surface area contributed by atoms with Gasteiger partial charge in [-0.1, -0.05) is 31.9 Å². The average Bonchev–Trinajstić information content (AvgIpc) is 2.45. The molecule has 1 N–H and O–H groups in total. The van der Waals surface area contributed by atoms with Gasteiger partial charge in [0.1, 0.15) is 22.9 Å². The number of hydrogen-bond donors (Lipinski definition) is 1. The van der Waals surface area contributed by atoms with Crippen LogP contribution in [0.5, 0.6) is 5.75 Å². The highest BCUT2D eigenvalue weighted by Crippen LogP contribution is 2.15. The molecular weight excluding hydrogens is 448 g/mol. The molecule has 0 heterocycles. The molecule has 0 amide bonds. The maximum absolute atomic E-state index is 11.6. The minimum Gasteiger partial charge on any atom is -0.461 e. The van der Waals surface area contributed by atoms with E-state index < -0.39 is 39.2 Å². The summed E-state index contributed by atoms with van der Waals surface area (Å²) < 4.78 is 39.2. The standard InChI is InChI=1S/C12H12Br2O7S/c13-7-10(14)12(16)21-9-3-1-8(2-4-9)11(15)20-5-6-22(17,18)19/h1-4,10H,5-7H2,(H,17,18,19). The highest BCUT2D eigenvalue weighted by molar-refractivity contribution is 9.12. The van der Waals surface area contributed by atoms with Gasteiger partial charge in [-0.2, -0.15) is 8.42 Å². The van der Waals surface area contributed by atoms with Crippen molar-refractivity contribution in [3.05, 3.63) is 29.8 Å². The summed E-state index contributed by atoms with van der Waals surface area (Å²) in [7, 11) is -4.18. The van der Waals surface area contributed by atoms with E-state index in [1.807, 2.05) is 0 Å². The van der Waals surface area contributed by atoms with Crippen molar-refractivity contribution in [1.82, 2.24) is 0 Å². The maximum atomic E-state index is 11.6. The lowest BCUT2D eigenvalue weighted by molar-refractivity contribution is -0.133. The van der Waals surface area contributed by atoms with Gasteiger partial charge in [-0.15, -0.1) is 0 Å². The van der Waals surface area contributed by atoms with Gasteiger partial charge in [0.25, 0.3) is 10.1 Å². The van der Waals surface area contributed by atoms with Gasteiger partial charge in [-0.05, 0) is 24.3 Å². The largest absolute Gasteiger partial charge is 0.461 e. The van der Waals surface area contributed by atoms with E-state index in [4.69, 9.17) is 9.29 Å². The van der Waals surface area contributed by atoms with Gasteiger partial charge in [-0.25, -0.2) is 4.79 Å². The van der Waals surface area contributed by atoms with Crippen molar-refractivity contribution in [2.24, 2.45) is 0 Å². The van der Waals surface area contributed by atoms with Gasteiger partial charge in [0.05, 0.1) is 5.56 Å². The number of alkyl halides is 2. The molecule has 1 unspecified atom stereocenters. The van der Waals surface area contributed by atoms with Crippen molar-refractivity contribution in [3.8, 4) is 5.75 Å². The zero-order valence-electron chi connectivity index (χ0n) is 11.1. The fourth-order valence-electron chi connectivity index (χ4n) is 1.23. The van der Waals surface area contributed by atoms with E-state index in [-0.39, 0.29) is 11.3 Å². The third-order valence-corrected chi connectivity index (χ3v) is 5.17. The Balaban J connectivity index is 2.57. The minimum atomic E-state index is -4.18. The van der Waals surface area contributed by atoms with E-state index in [1.54, 1.807) is 0 Å². The summed E-state index contributed by atoms with van der Waals surface area (Å²) in [5.74, 6) is -1.65. The first-order chi connectivity index (χ1) is 10.2. The van der Waals surface area contributed by atoms with Crippen molar-refractivity contribution in [2.75, 3.05) is 17.7 Å². The van der Waals surface area contributed by atoms with Gasteiger partial charge in [-0.3, -0.25) is 9.35 Å². The molecule has 0 bridgehead atoms. The van der Waals surface area contributed by atoms with Crippen LogP contribution in [0.1, 0.15) is 10.4 Å². The van der Waals surface area contributed by atoms with Crippen LogP contribution in [-0.4, -0.2) is 47.4 Å². The molecule has 1 rings (SSSR count). The second kappa shape index (κ2) is 8.61. The summed E-state index contributed by atoms with van der Waals surface area (Å²) in [4.78, 5) is 22.6. The van der Waals surface area contributed by atoms with E-state index in [2.05, 4.69) is 36.6 Å². The number of rotatable bonds is 7. The molecule has 22 heavy (non-hydrogen) atoms. The molecule has 1 aromatic rings. The Morgan fingerprint density at radius 3 is 2.32 bits per heavy atom. The summed E-state index contributed by atoms with van der Waals surface area (Å²) in [6.07, 6.45) is 0. The zero-order valence-corrected chi connectivity index (χ0v) is 15.1. The van der Waals surface area contributed by atoms with Crippen LogP contribution in [0, 0.1) is 0 Å². The van der Waals surface area contributed by atoms with Crippen LogP contribution in [-0.2, 0) is 19.6 Å². The van der Waals surface area contributed by atoms with Crippen molar-refractivity contribution in [1.29, 1.82) is 0 Å². The number of ether oxygens (including phenoxy) is 2. The highest BCUT2D eigenvalue weighted by Gasteiger charge is 2.16. The smallest absolute Gasteiger partial charge is 0.338 e. The van der Waals surface area contributed by atoms with Gasteiger partial charge >= 0.3 is 11.9 Å². The fourth-order valence-corrected chi connectivity index (χ4v) is 1.88. The molecule has 0 aliphatic carbocycles. The summed E-state index contributed by atoms with van der Waals surface area (Å²) in [6.45, 7) is -0.453. The Morgan fingerprint density at radius 2 is 1.82 bits per heavy atom. The van der Waals surface area contributed by atoms with Crippen LogP contribution in [0.4, 0.5) is 0 Å². The van der Waals surface area contributed by atoms with Gasteiger partial charge in [0.15, 0.2) is 0 Å². The predicted molar refractivity (Wildman–Crippen MR) is 85.3 cm³/mol. The number of carbonyl (C=O) groups is 2. The molecule has 0 aliphatic rings. The Labute approximate surface area is 144 Å². The Morgan fingerprint density at radius 1 is 1.23 bits per heavy atom. The average molecular weight is 460 g/mol. The fraction of sp³-hybridized carbons (Fsp3) is 0.333. The van der Waals surface area contributed by atoms with Crippen LogP contribution in [0.15, 0.2) is 24.3 Å². The molecule has 0 aliphatic heterocycles. The van der Waals surface area contributed by atoms with E-state index >= 15 is 0 Å². The summed E-state index contributed by atoms with van der Waals surface area (Å²) in [5.41, 5.74) is 0.158. The van der Waals surface area contributed by atoms with Crippen LogP contribution >= 0.6 is 31.9 Å². The van der Waals surface area contributed by atoms with Crippen LogP contribution in [0.3, 0.4) is 0 Å². The monoisotopic (exact) mass is 458 g/mol. The molecule has 7 nitrogen and oxygen atoms in total. The van der Waals surface area contributed by atoms with E-state index in [1.165, 1.54) is 24.3 Å². The number of esters is 2. The van der Waals surface area contributed by atoms with Gasteiger partial charge in [0.2, 0.25) is 0 Å². The SMILES string of the molecule is O=C(OCCS(=O)(=O)O)c1ccc(OC(=O)C(Br)CBr)cc1. The number of hydrogen-bond acceptors (Lipinski definition) is 6. The second-order valence-electron chi connectivity index (χ2n) is 3.99. The van der Waals surface area contributed by atoms with E-state index in [0.29, 0.717) is 5.33 Å². The van der Waals surface area contributed by atoms with Crippen LogP contribution < -0.4 is 4.74 Å². The topological polar surface area (TPSA) is 107 Å². The zero-order chi connectivity index (χ0) is 16.8. The first-order valence-corrected chi connectivity index (χ1v) is 9.51. The molecule has 0 fully saturated rings. The first-order valence-electron chi connectivity index (χ1n) is 5.87. The number of halogens is 2. The van der Waals surface area contributed by atoms with E-state index in [9.17, 15) is 18.0 Å². The molecule has 1 atom stereocenters. The first kappa shape index (κ1) is 19.1. The maximum Gasteiger partial charge on any atom is 0.338 e. The van der Waals surface area contributed by atoms with Crippen molar-refractivity contribution in [3.63, 3.8) is 0 Å². The molecule has 0 saturated heterocycles. The Hall–Kier alpha value is -0.970. The van der Waals surface area contributed by atoms with Crippen LogP contribution in [0.25, 0.3) is 0 Å². The second-order valence-corrected chi connectivity index (χ2v) is 7.31. The molecule has 0 spiro atoms. The summed E-state index contributed by atoms with van der Waals surface area (Å²) in [5, 5.41) is 0.393. The van der Waals surface area contributed by atoms with Crippen molar-refractivity contribution >= 4 is 53.9 Å². The third-order valence-electron chi connectivity index (χ3n) is 2.27. The van der Waals surface area contributed by atoms with Crippen molar-refractivity contribution < 1.29 is 32.0 Å². The lowest BCUT2D eigenvalue weighted by Gasteiger charge is -2.08. The molecule has 0 aromatic heterocycles. The molecular formula is C12H12Br2O7S. The van der Waals surface area contributed by atoms with Gasteiger partial charge < -0.3 is 9.47 Å². The molecule has 1 aromatic carbocycles. The lowest BCUT2D eigenvalue weighted by Crippen LogP contribution is -2.21. The molecule has 122 valence electrons. The molecule has 0 radical (unpaired) electrons. The summed E-state index contributed by atoms with van der Waals surface area (Å²) >= 11 is 6.24. The number of benzene rings is 1. The van der Waals surface area contributed by atoms with Gasteiger partial charge in [0, 0.05) is 5.33 Å². The summed E-state index contributed by atoms with van der Waals surface area (Å²) in [6, 6.07) is 5.56. The van der Waals surface area contributed by atoms with Crippen LogP contribution in [0.2, 0.25) is 0 Å². The Bertz CT molecular complexity index is 627. The predicted octanol–water partition coefficient (Wildman–Crippen LogP) is 1.80.